The predicted octanol–water partition coefficient (Wildman–Crippen LogP) is 2.18. The second-order valence-corrected chi connectivity index (χ2v) is 8.71. The number of fused-ring (bicyclic) bond motifs is 1. The monoisotopic (exact) mass is 402 g/mol. The van der Waals surface area contributed by atoms with E-state index in [-0.39, 0.29) is 17.1 Å². The van der Waals surface area contributed by atoms with Gasteiger partial charge in [-0.1, -0.05) is 12.1 Å². The van der Waals surface area contributed by atoms with Gasteiger partial charge in [-0.3, -0.25) is 0 Å². The van der Waals surface area contributed by atoms with Crippen LogP contribution in [0.2, 0.25) is 0 Å². The highest BCUT2D eigenvalue weighted by molar-refractivity contribution is 7.89. The smallest absolute Gasteiger partial charge is 0.214 e. The number of nitrogens with two attached hydrogens (primary N) is 1. The number of para-hydroxylation sites is 1. The maximum atomic E-state index is 13.9. The lowest BCUT2D eigenvalue weighted by atomic mass is 10.1. The summed E-state index contributed by atoms with van der Waals surface area (Å²) in [4.78, 5) is 16.0. The van der Waals surface area contributed by atoms with E-state index in [4.69, 9.17) is 5.73 Å². The number of aromatic amines is 1. The number of nitrogens with zero attached hydrogens (tertiary/aromatic N) is 4. The highest BCUT2D eigenvalue weighted by atomic mass is 32.2. The van der Waals surface area contributed by atoms with Crippen LogP contribution in [-0.2, 0) is 10.0 Å². The molecule has 3 aromatic rings. The lowest BCUT2D eigenvalue weighted by Gasteiger charge is -2.25. The summed E-state index contributed by atoms with van der Waals surface area (Å²) in [6.07, 6.45) is 3.91. The van der Waals surface area contributed by atoms with E-state index in [9.17, 15) is 12.8 Å². The Morgan fingerprint density at radius 3 is 2.82 bits per heavy atom. The number of aromatic nitrogens is 4. The van der Waals surface area contributed by atoms with Crippen LogP contribution in [0, 0.1) is 5.82 Å². The van der Waals surface area contributed by atoms with Gasteiger partial charge in [-0.15, -0.1) is 0 Å². The fourth-order valence-electron chi connectivity index (χ4n) is 3.16. The highest BCUT2D eigenvalue weighted by Gasteiger charge is 2.24. The van der Waals surface area contributed by atoms with Gasteiger partial charge < -0.3 is 10.7 Å². The van der Waals surface area contributed by atoms with Gasteiger partial charge in [0.1, 0.15) is 11.2 Å². The zero-order valence-corrected chi connectivity index (χ0v) is 16.0. The van der Waals surface area contributed by atoms with Crippen molar-refractivity contribution in [3.8, 4) is 11.5 Å². The average molecular weight is 402 g/mol. The molecule has 10 heteroatoms. The van der Waals surface area contributed by atoms with E-state index in [0.29, 0.717) is 42.2 Å². The Balaban J connectivity index is 1.69. The normalized spacial score (nSPS) is 15.7. The molecule has 1 aromatic carbocycles. The van der Waals surface area contributed by atoms with E-state index in [1.807, 2.05) is 6.08 Å². The number of halogens is 1. The molecule has 1 aliphatic heterocycles. The minimum absolute atomic E-state index is 0.0740. The molecule has 28 heavy (non-hydrogen) atoms. The van der Waals surface area contributed by atoms with Crippen LogP contribution in [0.4, 0.5) is 10.2 Å². The van der Waals surface area contributed by atoms with Gasteiger partial charge in [-0.05, 0) is 31.1 Å². The number of imidazole rings is 1. The van der Waals surface area contributed by atoms with Crippen molar-refractivity contribution in [2.24, 2.45) is 0 Å². The lowest BCUT2D eigenvalue weighted by molar-refractivity contribution is 0.442. The van der Waals surface area contributed by atoms with Crippen LogP contribution in [-0.4, -0.2) is 51.5 Å². The van der Waals surface area contributed by atoms with Crippen molar-refractivity contribution in [1.29, 1.82) is 0 Å². The molecule has 8 nitrogen and oxygen atoms in total. The van der Waals surface area contributed by atoms with Gasteiger partial charge in [0.05, 0.1) is 23.2 Å². The largest absolute Gasteiger partial charge is 0.382 e. The first-order chi connectivity index (χ1) is 13.4. The minimum Gasteiger partial charge on any atom is -0.382 e. The summed E-state index contributed by atoms with van der Waals surface area (Å²) in [6.45, 7) is 2.31. The zero-order valence-electron chi connectivity index (χ0n) is 15.2. The number of anilines is 1. The number of hydrogen-bond donors (Lipinski definition) is 2. The van der Waals surface area contributed by atoms with Gasteiger partial charge in [0, 0.05) is 13.1 Å². The summed E-state index contributed by atoms with van der Waals surface area (Å²) in [5, 5.41) is 0. The summed E-state index contributed by atoms with van der Waals surface area (Å²) in [5.74, 6) is 0.146. The van der Waals surface area contributed by atoms with Crippen LogP contribution >= 0.6 is 0 Å². The molecule has 0 unspecified atom stereocenters. The second kappa shape index (κ2) is 6.95. The molecule has 3 heterocycles. The molecular formula is C18H19FN6O2S. The Morgan fingerprint density at radius 2 is 2.14 bits per heavy atom. The van der Waals surface area contributed by atoms with Crippen LogP contribution in [0.15, 0.2) is 30.5 Å². The Labute approximate surface area is 161 Å². The van der Waals surface area contributed by atoms with Crippen LogP contribution < -0.4 is 5.73 Å². The maximum Gasteiger partial charge on any atom is 0.214 e. The molecule has 0 fully saturated rings. The van der Waals surface area contributed by atoms with Crippen molar-refractivity contribution in [1.82, 2.24) is 24.2 Å². The van der Waals surface area contributed by atoms with Crippen molar-refractivity contribution in [3.05, 3.63) is 42.0 Å². The number of sulfonamides is 1. The number of rotatable bonds is 4. The molecule has 0 bridgehead atoms. The molecule has 3 N–H and O–H groups in total. The van der Waals surface area contributed by atoms with Crippen molar-refractivity contribution in [3.63, 3.8) is 0 Å². The number of hydrogen-bond acceptors (Lipinski definition) is 6. The molecule has 2 aromatic heterocycles. The van der Waals surface area contributed by atoms with Crippen LogP contribution in [0.1, 0.15) is 19.0 Å². The molecule has 0 aliphatic carbocycles. The highest BCUT2D eigenvalue weighted by Crippen LogP contribution is 2.28. The van der Waals surface area contributed by atoms with Crippen LogP contribution in [0.5, 0.6) is 0 Å². The zero-order chi connectivity index (χ0) is 19.9. The van der Waals surface area contributed by atoms with E-state index >= 15 is 0 Å². The fraction of sp³-hybridized carbons (Fsp3) is 0.278. The predicted molar refractivity (Wildman–Crippen MR) is 105 cm³/mol. The van der Waals surface area contributed by atoms with E-state index in [0.717, 1.165) is 5.57 Å². The Kier molecular flexibility index (Phi) is 4.60. The summed E-state index contributed by atoms with van der Waals surface area (Å²) in [7, 11) is -3.22. The average Bonchev–Trinajstić information content (AvgIpc) is 3.14. The molecule has 0 saturated carbocycles. The van der Waals surface area contributed by atoms with Crippen molar-refractivity contribution in [2.45, 2.75) is 13.3 Å². The third kappa shape index (κ3) is 3.25. The Bertz CT molecular complexity index is 1190. The van der Waals surface area contributed by atoms with Crippen LogP contribution in [0.3, 0.4) is 0 Å². The summed E-state index contributed by atoms with van der Waals surface area (Å²) in [5.41, 5.74) is 8.54. The van der Waals surface area contributed by atoms with Gasteiger partial charge in [0.2, 0.25) is 10.0 Å². The standard InChI is InChI=1S/C18H19FN6O2S/c1-2-28(26,27)25-8-6-11(7-9-25)14-10-21-17(20)16(22-14)18-23-13-5-3-4-12(19)15(13)24-18/h3-6,10H,2,7-9H2,1H3,(H2,20,21)(H,23,24). The van der Waals surface area contributed by atoms with E-state index in [1.165, 1.54) is 10.4 Å². The molecular weight excluding hydrogens is 383 g/mol. The minimum atomic E-state index is -3.22. The third-order valence-corrected chi connectivity index (χ3v) is 6.60. The molecule has 0 spiro atoms. The summed E-state index contributed by atoms with van der Waals surface area (Å²) < 4.78 is 39.4. The second-order valence-electron chi connectivity index (χ2n) is 6.45. The summed E-state index contributed by atoms with van der Waals surface area (Å²) >= 11 is 0. The van der Waals surface area contributed by atoms with Crippen molar-refractivity contribution < 1.29 is 12.8 Å². The first-order valence-corrected chi connectivity index (χ1v) is 10.4. The first-order valence-electron chi connectivity index (χ1n) is 8.83. The number of nitrogens with one attached hydrogen (secondary N) is 1. The molecule has 0 radical (unpaired) electrons. The topological polar surface area (TPSA) is 118 Å². The van der Waals surface area contributed by atoms with E-state index < -0.39 is 15.8 Å². The van der Waals surface area contributed by atoms with Gasteiger partial charge >= 0.3 is 0 Å². The molecule has 146 valence electrons. The first kappa shape index (κ1) is 18.5. The SMILES string of the molecule is CCS(=O)(=O)N1CC=C(c2cnc(N)c(-c3nc4c(F)cccc4[nH]3)n2)CC1. The lowest BCUT2D eigenvalue weighted by Crippen LogP contribution is -2.35. The molecule has 0 amide bonds. The van der Waals surface area contributed by atoms with Gasteiger partial charge in [-0.25, -0.2) is 27.8 Å². The number of H-pyrrole nitrogens is 1. The molecule has 4 rings (SSSR count). The fourth-order valence-corrected chi connectivity index (χ4v) is 4.19. The quantitative estimate of drug-likeness (QED) is 0.691. The Morgan fingerprint density at radius 1 is 1.32 bits per heavy atom. The van der Waals surface area contributed by atoms with Gasteiger partial charge in [0.15, 0.2) is 17.5 Å². The Hall–Kier alpha value is -2.85. The van der Waals surface area contributed by atoms with Crippen LogP contribution in [0.25, 0.3) is 28.1 Å². The third-order valence-electron chi connectivity index (χ3n) is 4.75. The van der Waals surface area contributed by atoms with Gasteiger partial charge in [0.25, 0.3) is 0 Å². The van der Waals surface area contributed by atoms with Crippen molar-refractivity contribution >= 4 is 32.4 Å². The maximum absolute atomic E-state index is 13.9. The summed E-state index contributed by atoms with van der Waals surface area (Å²) in [6, 6.07) is 4.64. The molecule has 0 saturated heterocycles. The van der Waals surface area contributed by atoms with Gasteiger partial charge in [-0.2, -0.15) is 4.31 Å². The molecule has 0 atom stereocenters. The van der Waals surface area contributed by atoms with E-state index in [1.54, 1.807) is 25.3 Å². The number of benzene rings is 1. The number of nitrogen functional groups attached to an aromatic ring is 1. The van der Waals surface area contributed by atoms with E-state index in [2.05, 4.69) is 19.9 Å². The van der Waals surface area contributed by atoms with Crippen molar-refractivity contribution in [2.75, 3.05) is 24.6 Å². The molecule has 1 aliphatic rings.